The lowest BCUT2D eigenvalue weighted by atomic mass is 9.96. The smallest absolute Gasteiger partial charge is 0.253 e. The van der Waals surface area contributed by atoms with Gasteiger partial charge in [0, 0.05) is 46.4 Å². The minimum absolute atomic E-state index is 0.0406. The molecule has 164 valence electrons. The molecule has 1 unspecified atom stereocenters. The normalized spacial score (nSPS) is 16.6. The second kappa shape index (κ2) is 7.59. The summed E-state index contributed by atoms with van der Waals surface area (Å²) in [5, 5.41) is 1.17. The van der Waals surface area contributed by atoms with Crippen LogP contribution in [0.5, 0.6) is 0 Å². The Morgan fingerprint density at radius 3 is 2.73 bits per heavy atom. The topological polar surface area (TPSA) is 81.8 Å². The van der Waals surface area contributed by atoms with E-state index in [1.54, 1.807) is 6.07 Å². The van der Waals surface area contributed by atoms with Crippen molar-refractivity contribution in [2.75, 3.05) is 13.1 Å². The van der Waals surface area contributed by atoms with Crippen molar-refractivity contribution in [3.8, 4) is 0 Å². The van der Waals surface area contributed by atoms with Crippen LogP contribution in [-0.2, 0) is 0 Å². The molecule has 6 heteroatoms. The van der Waals surface area contributed by atoms with Crippen molar-refractivity contribution < 1.29 is 4.79 Å². The van der Waals surface area contributed by atoms with Crippen LogP contribution in [0.4, 0.5) is 0 Å². The number of hydrogen-bond donors (Lipinski definition) is 2. The molecule has 5 aromatic rings. The molecule has 33 heavy (non-hydrogen) atoms. The molecule has 1 atom stereocenters. The summed E-state index contributed by atoms with van der Waals surface area (Å²) < 4.78 is 0. The largest absolute Gasteiger partial charge is 0.354 e. The van der Waals surface area contributed by atoms with E-state index in [-0.39, 0.29) is 17.3 Å². The first-order chi connectivity index (χ1) is 16.1. The second-order valence-corrected chi connectivity index (χ2v) is 8.99. The Hall–Kier alpha value is -3.93. The number of likely N-dealkylation sites (tertiary alicyclic amines) is 1. The third kappa shape index (κ3) is 3.39. The minimum Gasteiger partial charge on any atom is -0.354 e. The number of para-hydroxylation sites is 1. The van der Waals surface area contributed by atoms with Crippen LogP contribution < -0.4 is 5.43 Å². The van der Waals surface area contributed by atoms with Crippen LogP contribution in [0.2, 0.25) is 0 Å². The van der Waals surface area contributed by atoms with Crippen molar-refractivity contribution in [3.05, 3.63) is 87.8 Å². The first kappa shape index (κ1) is 19.7. The summed E-state index contributed by atoms with van der Waals surface area (Å²) in [5.74, 6) is 1.07. The Balaban J connectivity index is 1.31. The standard InChI is InChI=1S/C27H24N4O2/c1-16-8-10-23-24(13-16)30-26(29-23)18-5-4-12-31(15-18)27(33)17-9-11-22-20(14-17)25(32)19-6-2-3-7-21(19)28-22/h2-3,6-11,13-14,18H,4-5,12,15H2,1H3,(H,28,32)(H,29,30). The van der Waals surface area contributed by atoms with Gasteiger partial charge < -0.3 is 14.9 Å². The predicted octanol–water partition coefficient (Wildman–Crippen LogP) is 4.89. The van der Waals surface area contributed by atoms with Crippen molar-refractivity contribution in [2.24, 2.45) is 0 Å². The van der Waals surface area contributed by atoms with Crippen LogP contribution in [0, 0.1) is 6.92 Å². The molecule has 1 aliphatic rings. The van der Waals surface area contributed by atoms with E-state index >= 15 is 0 Å². The number of nitrogens with one attached hydrogen (secondary N) is 2. The third-order valence-corrected chi connectivity index (χ3v) is 6.70. The first-order valence-corrected chi connectivity index (χ1v) is 11.4. The highest BCUT2D eigenvalue weighted by Gasteiger charge is 2.27. The number of nitrogens with zero attached hydrogens (tertiary/aromatic N) is 2. The van der Waals surface area contributed by atoms with Gasteiger partial charge in [-0.25, -0.2) is 4.98 Å². The van der Waals surface area contributed by atoms with E-state index in [2.05, 4.69) is 29.0 Å². The highest BCUT2D eigenvalue weighted by molar-refractivity contribution is 6.00. The minimum atomic E-state index is -0.0527. The maximum absolute atomic E-state index is 13.4. The SMILES string of the molecule is Cc1ccc2nc(C3CCCN(C(=O)c4ccc5[nH]c6ccccc6c(=O)c5c4)C3)[nH]c2c1. The van der Waals surface area contributed by atoms with Crippen LogP contribution in [0.25, 0.3) is 32.8 Å². The average molecular weight is 437 g/mol. The number of aromatic nitrogens is 3. The molecule has 0 radical (unpaired) electrons. The fourth-order valence-corrected chi connectivity index (χ4v) is 4.96. The van der Waals surface area contributed by atoms with Gasteiger partial charge in [-0.2, -0.15) is 0 Å². The quantitative estimate of drug-likeness (QED) is 0.387. The molecule has 6 rings (SSSR count). The van der Waals surface area contributed by atoms with E-state index < -0.39 is 0 Å². The molecule has 1 fully saturated rings. The van der Waals surface area contributed by atoms with Gasteiger partial charge in [-0.3, -0.25) is 9.59 Å². The van der Waals surface area contributed by atoms with Gasteiger partial charge in [0.05, 0.1) is 11.0 Å². The summed E-state index contributed by atoms with van der Waals surface area (Å²) >= 11 is 0. The van der Waals surface area contributed by atoms with E-state index in [0.717, 1.165) is 40.7 Å². The second-order valence-electron chi connectivity index (χ2n) is 8.99. The molecule has 1 saturated heterocycles. The van der Waals surface area contributed by atoms with E-state index in [9.17, 15) is 9.59 Å². The lowest BCUT2D eigenvalue weighted by Crippen LogP contribution is -2.39. The van der Waals surface area contributed by atoms with Crippen molar-refractivity contribution in [2.45, 2.75) is 25.7 Å². The fourth-order valence-electron chi connectivity index (χ4n) is 4.96. The molecule has 3 aromatic carbocycles. The summed E-state index contributed by atoms with van der Waals surface area (Å²) in [6.45, 7) is 3.39. The zero-order valence-corrected chi connectivity index (χ0v) is 18.4. The Morgan fingerprint density at radius 1 is 0.970 bits per heavy atom. The van der Waals surface area contributed by atoms with Gasteiger partial charge in [0.15, 0.2) is 5.43 Å². The molecule has 1 aliphatic heterocycles. The zero-order valence-electron chi connectivity index (χ0n) is 18.4. The van der Waals surface area contributed by atoms with Crippen LogP contribution in [-0.4, -0.2) is 38.8 Å². The van der Waals surface area contributed by atoms with Crippen LogP contribution in [0.3, 0.4) is 0 Å². The van der Waals surface area contributed by atoms with Crippen LogP contribution in [0.1, 0.15) is 40.5 Å². The number of pyridine rings is 1. The average Bonchev–Trinajstić information content (AvgIpc) is 3.27. The number of carbonyl (C=O) groups excluding carboxylic acids is 1. The summed E-state index contributed by atoms with van der Waals surface area (Å²) in [7, 11) is 0. The zero-order chi connectivity index (χ0) is 22.5. The van der Waals surface area contributed by atoms with Gasteiger partial charge in [0.2, 0.25) is 0 Å². The number of piperidine rings is 1. The number of amides is 1. The summed E-state index contributed by atoms with van der Waals surface area (Å²) in [6.07, 6.45) is 1.91. The molecule has 0 aliphatic carbocycles. The number of benzene rings is 3. The molecule has 1 amide bonds. The molecule has 2 N–H and O–H groups in total. The van der Waals surface area contributed by atoms with Gasteiger partial charge >= 0.3 is 0 Å². The molecule has 0 bridgehead atoms. The Labute approximate surface area is 190 Å². The Morgan fingerprint density at radius 2 is 1.82 bits per heavy atom. The van der Waals surface area contributed by atoms with E-state index in [1.165, 1.54) is 5.56 Å². The maximum atomic E-state index is 13.4. The van der Waals surface area contributed by atoms with E-state index in [1.807, 2.05) is 47.4 Å². The number of aryl methyl sites for hydroxylation is 1. The van der Waals surface area contributed by atoms with Gasteiger partial charge in [0.1, 0.15) is 5.82 Å². The van der Waals surface area contributed by atoms with Crippen molar-refractivity contribution in [1.82, 2.24) is 19.9 Å². The number of fused-ring (bicyclic) bond motifs is 3. The highest BCUT2D eigenvalue weighted by atomic mass is 16.2. The summed E-state index contributed by atoms with van der Waals surface area (Å²) in [6, 6.07) is 19.0. The molecular weight excluding hydrogens is 412 g/mol. The molecular formula is C27H24N4O2. The Kier molecular flexibility index (Phi) is 4.54. The summed E-state index contributed by atoms with van der Waals surface area (Å²) in [5.41, 5.74) is 5.22. The van der Waals surface area contributed by atoms with Gasteiger partial charge in [-0.1, -0.05) is 18.2 Å². The number of H-pyrrole nitrogens is 2. The number of carbonyl (C=O) groups is 1. The lowest BCUT2D eigenvalue weighted by molar-refractivity contribution is 0.0705. The van der Waals surface area contributed by atoms with Gasteiger partial charge in [-0.05, 0) is 67.8 Å². The number of aromatic amines is 2. The van der Waals surface area contributed by atoms with Crippen LogP contribution >= 0.6 is 0 Å². The monoisotopic (exact) mass is 436 g/mol. The third-order valence-electron chi connectivity index (χ3n) is 6.70. The van der Waals surface area contributed by atoms with Crippen molar-refractivity contribution >= 4 is 38.7 Å². The predicted molar refractivity (Wildman–Crippen MR) is 131 cm³/mol. The van der Waals surface area contributed by atoms with E-state index in [4.69, 9.17) is 4.98 Å². The molecule has 0 spiro atoms. The lowest BCUT2D eigenvalue weighted by Gasteiger charge is -2.32. The van der Waals surface area contributed by atoms with E-state index in [0.29, 0.717) is 29.4 Å². The molecule has 0 saturated carbocycles. The number of hydrogen-bond acceptors (Lipinski definition) is 3. The fraction of sp³-hybridized carbons (Fsp3) is 0.222. The number of rotatable bonds is 2. The van der Waals surface area contributed by atoms with Crippen molar-refractivity contribution in [3.63, 3.8) is 0 Å². The van der Waals surface area contributed by atoms with Crippen molar-refractivity contribution in [1.29, 1.82) is 0 Å². The Bertz CT molecular complexity index is 1600. The molecule has 6 nitrogen and oxygen atoms in total. The first-order valence-electron chi connectivity index (χ1n) is 11.4. The maximum Gasteiger partial charge on any atom is 0.253 e. The molecule has 3 heterocycles. The number of imidazole rings is 1. The van der Waals surface area contributed by atoms with Gasteiger partial charge in [0.25, 0.3) is 5.91 Å². The molecule has 2 aromatic heterocycles. The van der Waals surface area contributed by atoms with Gasteiger partial charge in [-0.15, -0.1) is 0 Å². The highest BCUT2D eigenvalue weighted by Crippen LogP contribution is 2.28. The summed E-state index contributed by atoms with van der Waals surface area (Å²) in [4.78, 5) is 39.9. The van der Waals surface area contributed by atoms with Crippen LogP contribution in [0.15, 0.2) is 65.5 Å².